The molecule has 126 valence electrons. The Hall–Kier alpha value is -2.04. The molecule has 2 rings (SSSR count). The maximum absolute atomic E-state index is 12.2. The zero-order valence-corrected chi connectivity index (χ0v) is 13.8. The van der Waals surface area contributed by atoms with Crippen molar-refractivity contribution in [1.82, 2.24) is 5.32 Å². The SMILES string of the molecule is CCOc1ccccc1C(CC(=O)OC1CCCC1)NC(C)=O. The lowest BCUT2D eigenvalue weighted by molar-refractivity contribution is -0.149. The van der Waals surface area contributed by atoms with E-state index in [1.165, 1.54) is 6.92 Å². The van der Waals surface area contributed by atoms with Crippen molar-refractivity contribution in [2.24, 2.45) is 0 Å². The van der Waals surface area contributed by atoms with Crippen LogP contribution >= 0.6 is 0 Å². The second-order valence-electron chi connectivity index (χ2n) is 5.82. The number of carbonyl (C=O) groups is 2. The average Bonchev–Trinajstić information content (AvgIpc) is 3.00. The van der Waals surface area contributed by atoms with E-state index in [4.69, 9.17) is 9.47 Å². The number of rotatable bonds is 7. The van der Waals surface area contributed by atoms with Crippen molar-refractivity contribution in [3.8, 4) is 5.75 Å². The van der Waals surface area contributed by atoms with Crippen molar-refractivity contribution in [3.63, 3.8) is 0 Å². The molecule has 1 aliphatic rings. The van der Waals surface area contributed by atoms with Gasteiger partial charge in [0.1, 0.15) is 11.9 Å². The van der Waals surface area contributed by atoms with Crippen molar-refractivity contribution in [3.05, 3.63) is 29.8 Å². The van der Waals surface area contributed by atoms with Gasteiger partial charge in [-0.25, -0.2) is 0 Å². The van der Waals surface area contributed by atoms with Gasteiger partial charge in [-0.3, -0.25) is 9.59 Å². The maximum Gasteiger partial charge on any atom is 0.308 e. The van der Waals surface area contributed by atoms with E-state index in [1.54, 1.807) is 0 Å². The van der Waals surface area contributed by atoms with Gasteiger partial charge in [-0.2, -0.15) is 0 Å². The number of ether oxygens (including phenoxy) is 2. The van der Waals surface area contributed by atoms with Crippen LogP contribution in [0.4, 0.5) is 0 Å². The number of benzene rings is 1. The van der Waals surface area contributed by atoms with Gasteiger partial charge in [0.15, 0.2) is 0 Å². The quantitative estimate of drug-likeness (QED) is 0.784. The second kappa shape index (κ2) is 8.56. The summed E-state index contributed by atoms with van der Waals surface area (Å²) in [7, 11) is 0. The van der Waals surface area contributed by atoms with E-state index in [0.29, 0.717) is 12.4 Å². The van der Waals surface area contributed by atoms with Crippen molar-refractivity contribution in [2.75, 3.05) is 6.61 Å². The molecule has 0 bridgehead atoms. The smallest absolute Gasteiger partial charge is 0.308 e. The lowest BCUT2D eigenvalue weighted by atomic mass is 10.0. The highest BCUT2D eigenvalue weighted by atomic mass is 16.5. The van der Waals surface area contributed by atoms with Crippen molar-refractivity contribution in [2.45, 2.75) is 58.1 Å². The van der Waals surface area contributed by atoms with E-state index in [-0.39, 0.29) is 24.4 Å². The van der Waals surface area contributed by atoms with Crippen LogP contribution in [-0.2, 0) is 14.3 Å². The Bertz CT molecular complexity index is 538. The van der Waals surface area contributed by atoms with Crippen molar-refractivity contribution >= 4 is 11.9 Å². The molecule has 1 saturated carbocycles. The Morgan fingerprint density at radius 3 is 2.61 bits per heavy atom. The van der Waals surface area contributed by atoms with Crippen LogP contribution < -0.4 is 10.1 Å². The van der Waals surface area contributed by atoms with Gasteiger partial charge in [0.2, 0.25) is 5.91 Å². The number of para-hydroxylation sites is 1. The van der Waals surface area contributed by atoms with E-state index in [9.17, 15) is 9.59 Å². The molecule has 0 aromatic heterocycles. The third-order valence-corrected chi connectivity index (χ3v) is 3.94. The van der Waals surface area contributed by atoms with Crippen LogP contribution in [0.15, 0.2) is 24.3 Å². The normalized spacial score (nSPS) is 15.9. The molecule has 1 atom stereocenters. The zero-order valence-electron chi connectivity index (χ0n) is 13.8. The summed E-state index contributed by atoms with van der Waals surface area (Å²) in [4.78, 5) is 23.7. The fourth-order valence-electron chi connectivity index (χ4n) is 2.95. The number of amides is 1. The van der Waals surface area contributed by atoms with Crippen molar-refractivity contribution < 1.29 is 19.1 Å². The molecule has 1 aromatic carbocycles. The van der Waals surface area contributed by atoms with Crippen molar-refractivity contribution in [1.29, 1.82) is 0 Å². The van der Waals surface area contributed by atoms with Crippen LogP contribution in [0.2, 0.25) is 0 Å². The predicted octanol–water partition coefficient (Wildman–Crippen LogP) is 3.14. The lowest BCUT2D eigenvalue weighted by Gasteiger charge is -2.21. The van der Waals surface area contributed by atoms with Crippen LogP contribution in [-0.4, -0.2) is 24.6 Å². The van der Waals surface area contributed by atoms with Crippen LogP contribution in [0.1, 0.15) is 57.6 Å². The van der Waals surface area contributed by atoms with Gasteiger partial charge < -0.3 is 14.8 Å². The Labute approximate surface area is 137 Å². The highest BCUT2D eigenvalue weighted by molar-refractivity contribution is 5.76. The molecule has 0 radical (unpaired) electrons. The molecule has 5 heteroatoms. The summed E-state index contributed by atoms with van der Waals surface area (Å²) in [5.41, 5.74) is 0.799. The first-order valence-corrected chi connectivity index (χ1v) is 8.28. The highest BCUT2D eigenvalue weighted by Crippen LogP contribution is 2.29. The largest absolute Gasteiger partial charge is 0.494 e. The topological polar surface area (TPSA) is 64.6 Å². The van der Waals surface area contributed by atoms with Crippen LogP contribution in [0.3, 0.4) is 0 Å². The highest BCUT2D eigenvalue weighted by Gasteiger charge is 2.24. The molecule has 0 spiro atoms. The molecule has 5 nitrogen and oxygen atoms in total. The molecule has 1 aromatic rings. The fraction of sp³-hybridized carbons (Fsp3) is 0.556. The van der Waals surface area contributed by atoms with Gasteiger partial charge in [0.05, 0.1) is 19.1 Å². The van der Waals surface area contributed by atoms with E-state index in [2.05, 4.69) is 5.32 Å². The molecular weight excluding hydrogens is 294 g/mol. The lowest BCUT2D eigenvalue weighted by Crippen LogP contribution is -2.29. The Kier molecular flexibility index (Phi) is 6.44. The van der Waals surface area contributed by atoms with E-state index in [1.807, 2.05) is 31.2 Å². The minimum Gasteiger partial charge on any atom is -0.494 e. The van der Waals surface area contributed by atoms with Crippen LogP contribution in [0, 0.1) is 0 Å². The molecule has 1 unspecified atom stereocenters. The summed E-state index contributed by atoms with van der Waals surface area (Å²) < 4.78 is 11.1. The number of esters is 1. The van der Waals surface area contributed by atoms with E-state index in [0.717, 1.165) is 31.2 Å². The summed E-state index contributed by atoms with van der Waals surface area (Å²) in [6.45, 7) is 3.87. The summed E-state index contributed by atoms with van der Waals surface area (Å²) in [6.07, 6.45) is 4.24. The molecule has 0 saturated heterocycles. The summed E-state index contributed by atoms with van der Waals surface area (Å²) in [5, 5.41) is 2.83. The first kappa shape index (κ1) is 17.3. The van der Waals surface area contributed by atoms with Gasteiger partial charge in [0.25, 0.3) is 0 Å². The number of carbonyl (C=O) groups excluding carboxylic acids is 2. The molecule has 0 aliphatic heterocycles. The first-order chi connectivity index (χ1) is 11.1. The van der Waals surface area contributed by atoms with Crippen LogP contribution in [0.5, 0.6) is 5.75 Å². The Morgan fingerprint density at radius 2 is 1.96 bits per heavy atom. The number of hydrogen-bond donors (Lipinski definition) is 1. The molecule has 23 heavy (non-hydrogen) atoms. The van der Waals surface area contributed by atoms with Gasteiger partial charge in [-0.15, -0.1) is 0 Å². The standard InChI is InChI=1S/C18H25NO4/c1-3-22-17-11-7-6-10-15(17)16(19-13(2)20)12-18(21)23-14-8-4-5-9-14/h6-7,10-11,14,16H,3-5,8-9,12H2,1-2H3,(H,19,20). The predicted molar refractivity (Wildman–Crippen MR) is 87.1 cm³/mol. The van der Waals surface area contributed by atoms with E-state index < -0.39 is 6.04 Å². The van der Waals surface area contributed by atoms with Gasteiger partial charge in [0, 0.05) is 12.5 Å². The molecule has 1 aliphatic carbocycles. The molecule has 1 amide bonds. The third-order valence-electron chi connectivity index (χ3n) is 3.94. The number of hydrogen-bond acceptors (Lipinski definition) is 4. The molecule has 1 N–H and O–H groups in total. The van der Waals surface area contributed by atoms with Crippen LogP contribution in [0.25, 0.3) is 0 Å². The number of nitrogens with one attached hydrogen (secondary N) is 1. The molecule has 0 heterocycles. The summed E-state index contributed by atoms with van der Waals surface area (Å²) >= 11 is 0. The minimum atomic E-state index is -0.441. The fourth-order valence-corrected chi connectivity index (χ4v) is 2.95. The maximum atomic E-state index is 12.2. The summed E-state index contributed by atoms with van der Waals surface area (Å²) in [5.74, 6) is 0.222. The average molecular weight is 319 g/mol. The van der Waals surface area contributed by atoms with Gasteiger partial charge >= 0.3 is 5.97 Å². The molecule has 1 fully saturated rings. The minimum absolute atomic E-state index is 0.0302. The first-order valence-electron chi connectivity index (χ1n) is 8.28. The molecular formula is C18H25NO4. The van der Waals surface area contributed by atoms with Gasteiger partial charge in [-0.1, -0.05) is 18.2 Å². The summed E-state index contributed by atoms with van der Waals surface area (Å²) in [6, 6.07) is 7.01. The second-order valence-corrected chi connectivity index (χ2v) is 5.82. The Morgan fingerprint density at radius 1 is 1.26 bits per heavy atom. The van der Waals surface area contributed by atoms with E-state index >= 15 is 0 Å². The monoisotopic (exact) mass is 319 g/mol. The van der Waals surface area contributed by atoms with Gasteiger partial charge in [-0.05, 0) is 38.7 Å². The Balaban J connectivity index is 2.09. The third kappa shape index (κ3) is 5.27. The zero-order chi connectivity index (χ0) is 16.7.